The van der Waals surface area contributed by atoms with E-state index in [1.807, 2.05) is 30.3 Å². The first-order valence-electron chi connectivity index (χ1n) is 5.67. The summed E-state index contributed by atoms with van der Waals surface area (Å²) in [5.74, 6) is 0. The molecule has 1 aromatic carbocycles. The largest absolute Gasteiger partial charge is 0.279 e. The van der Waals surface area contributed by atoms with Gasteiger partial charge in [0, 0.05) is 5.71 Å². The van der Waals surface area contributed by atoms with Gasteiger partial charge in [-0.1, -0.05) is 38.0 Å². The minimum Gasteiger partial charge on any atom is -0.279 e. The van der Waals surface area contributed by atoms with Crippen molar-refractivity contribution in [1.29, 1.82) is 0 Å². The van der Waals surface area contributed by atoms with E-state index in [9.17, 15) is 0 Å². The lowest BCUT2D eigenvalue weighted by atomic mass is 10.1. The number of benzene rings is 1. The van der Waals surface area contributed by atoms with Crippen LogP contribution in [0.1, 0.15) is 39.5 Å². The van der Waals surface area contributed by atoms with Gasteiger partial charge in [0.2, 0.25) is 0 Å². The van der Waals surface area contributed by atoms with Crippen molar-refractivity contribution in [3.8, 4) is 0 Å². The third-order valence-electron chi connectivity index (χ3n) is 2.29. The number of unbranched alkanes of at least 4 members (excludes halogenated alkanes) is 2. The Morgan fingerprint density at radius 3 is 2.60 bits per heavy atom. The standard InChI is InChI=1S/C13H20N2/c1-3-4-6-9-12(2)14-15-13-10-7-5-8-11-13/h5,7-8,10-11,15H,3-4,6,9H2,1-2H3/b14-12+. The maximum Gasteiger partial charge on any atom is 0.0561 e. The molecule has 0 aliphatic heterocycles. The van der Waals surface area contributed by atoms with E-state index in [0.29, 0.717) is 0 Å². The molecule has 0 amide bonds. The summed E-state index contributed by atoms with van der Waals surface area (Å²) >= 11 is 0. The zero-order valence-corrected chi connectivity index (χ0v) is 9.66. The molecule has 0 fully saturated rings. The van der Waals surface area contributed by atoms with Gasteiger partial charge < -0.3 is 0 Å². The number of para-hydroxylation sites is 1. The minimum atomic E-state index is 1.05. The lowest BCUT2D eigenvalue weighted by Gasteiger charge is -2.02. The Morgan fingerprint density at radius 1 is 1.20 bits per heavy atom. The Morgan fingerprint density at radius 2 is 1.93 bits per heavy atom. The molecule has 0 radical (unpaired) electrons. The molecule has 0 aliphatic rings. The van der Waals surface area contributed by atoms with E-state index < -0.39 is 0 Å². The van der Waals surface area contributed by atoms with Gasteiger partial charge in [-0.15, -0.1) is 0 Å². The van der Waals surface area contributed by atoms with Gasteiger partial charge in [-0.3, -0.25) is 5.43 Å². The number of nitrogens with zero attached hydrogens (tertiary/aromatic N) is 1. The Labute approximate surface area is 92.4 Å². The van der Waals surface area contributed by atoms with Gasteiger partial charge in [-0.2, -0.15) is 5.10 Å². The van der Waals surface area contributed by atoms with Crippen molar-refractivity contribution in [2.45, 2.75) is 39.5 Å². The van der Waals surface area contributed by atoms with Crippen molar-refractivity contribution in [2.75, 3.05) is 5.43 Å². The molecule has 15 heavy (non-hydrogen) atoms. The summed E-state index contributed by atoms with van der Waals surface area (Å²) in [5, 5.41) is 4.33. The number of hydrogen-bond acceptors (Lipinski definition) is 2. The maximum atomic E-state index is 4.33. The topological polar surface area (TPSA) is 24.4 Å². The second kappa shape index (κ2) is 7.04. The molecule has 0 spiro atoms. The first kappa shape index (κ1) is 11.8. The van der Waals surface area contributed by atoms with Crippen LogP contribution in [-0.4, -0.2) is 5.71 Å². The average molecular weight is 204 g/mol. The molecule has 0 bridgehead atoms. The Kier molecular flexibility index (Phi) is 5.52. The molecule has 0 aliphatic carbocycles. The molecule has 2 heteroatoms. The van der Waals surface area contributed by atoms with E-state index >= 15 is 0 Å². The van der Waals surface area contributed by atoms with Gasteiger partial charge in [0.1, 0.15) is 0 Å². The van der Waals surface area contributed by atoms with Crippen molar-refractivity contribution < 1.29 is 0 Å². The fourth-order valence-corrected chi connectivity index (χ4v) is 1.36. The van der Waals surface area contributed by atoms with E-state index in [1.165, 1.54) is 25.0 Å². The average Bonchev–Trinajstić information content (AvgIpc) is 2.28. The third-order valence-corrected chi connectivity index (χ3v) is 2.29. The predicted octanol–water partition coefficient (Wildman–Crippen LogP) is 4.05. The third kappa shape index (κ3) is 5.21. The summed E-state index contributed by atoms with van der Waals surface area (Å²) in [7, 11) is 0. The van der Waals surface area contributed by atoms with Crippen molar-refractivity contribution in [3.63, 3.8) is 0 Å². The summed E-state index contributed by atoms with van der Waals surface area (Å²) in [4.78, 5) is 0. The summed E-state index contributed by atoms with van der Waals surface area (Å²) in [6.45, 7) is 4.29. The van der Waals surface area contributed by atoms with Crippen LogP contribution in [0, 0.1) is 0 Å². The van der Waals surface area contributed by atoms with Gasteiger partial charge in [-0.05, 0) is 31.9 Å². The number of rotatable bonds is 6. The SMILES string of the molecule is CCCCC/C(C)=N/Nc1ccccc1. The second-order valence-corrected chi connectivity index (χ2v) is 3.78. The molecule has 1 N–H and O–H groups in total. The quantitative estimate of drug-likeness (QED) is 0.422. The Hall–Kier alpha value is -1.31. The lowest BCUT2D eigenvalue weighted by molar-refractivity contribution is 0.740. The molecule has 0 unspecified atom stereocenters. The van der Waals surface area contributed by atoms with Crippen LogP contribution < -0.4 is 5.43 Å². The highest BCUT2D eigenvalue weighted by molar-refractivity contribution is 5.82. The summed E-state index contributed by atoms with van der Waals surface area (Å²) < 4.78 is 0. The first-order chi connectivity index (χ1) is 7.33. The molecule has 0 heterocycles. The Balaban J connectivity index is 2.31. The molecule has 1 aromatic rings. The van der Waals surface area contributed by atoms with Crippen molar-refractivity contribution in [3.05, 3.63) is 30.3 Å². The number of nitrogens with one attached hydrogen (secondary N) is 1. The van der Waals surface area contributed by atoms with Gasteiger partial charge >= 0.3 is 0 Å². The van der Waals surface area contributed by atoms with E-state index in [4.69, 9.17) is 0 Å². The highest BCUT2D eigenvalue weighted by atomic mass is 15.3. The van der Waals surface area contributed by atoms with Crippen LogP contribution in [0.25, 0.3) is 0 Å². The van der Waals surface area contributed by atoms with Gasteiger partial charge in [-0.25, -0.2) is 0 Å². The minimum absolute atomic E-state index is 1.05. The van der Waals surface area contributed by atoms with Crippen LogP contribution >= 0.6 is 0 Å². The number of hydrogen-bond donors (Lipinski definition) is 1. The highest BCUT2D eigenvalue weighted by Crippen LogP contribution is 2.06. The lowest BCUT2D eigenvalue weighted by Crippen LogP contribution is -1.97. The van der Waals surface area contributed by atoms with Crippen LogP contribution in [0.2, 0.25) is 0 Å². The summed E-state index contributed by atoms with van der Waals surface area (Å²) in [6, 6.07) is 10.0. The van der Waals surface area contributed by atoms with Crippen LogP contribution in [0.3, 0.4) is 0 Å². The first-order valence-corrected chi connectivity index (χ1v) is 5.67. The van der Waals surface area contributed by atoms with Gasteiger partial charge in [0.25, 0.3) is 0 Å². The molecule has 0 atom stereocenters. The fraction of sp³-hybridized carbons (Fsp3) is 0.462. The number of anilines is 1. The summed E-state index contributed by atoms with van der Waals surface area (Å²) in [5.41, 5.74) is 5.28. The van der Waals surface area contributed by atoms with Crippen molar-refractivity contribution >= 4 is 11.4 Å². The smallest absolute Gasteiger partial charge is 0.0561 e. The molecule has 0 saturated heterocycles. The van der Waals surface area contributed by atoms with Crippen LogP contribution in [0.15, 0.2) is 35.4 Å². The van der Waals surface area contributed by atoms with E-state index in [2.05, 4.69) is 24.4 Å². The normalized spacial score (nSPS) is 11.5. The number of hydrazone groups is 1. The van der Waals surface area contributed by atoms with Crippen molar-refractivity contribution in [1.82, 2.24) is 0 Å². The Bertz CT molecular complexity index is 291. The molecule has 0 aromatic heterocycles. The molecule has 0 saturated carbocycles. The highest BCUT2D eigenvalue weighted by Gasteiger charge is 1.92. The van der Waals surface area contributed by atoms with E-state index in [0.717, 1.165) is 12.1 Å². The van der Waals surface area contributed by atoms with E-state index in [1.54, 1.807) is 0 Å². The fourth-order valence-electron chi connectivity index (χ4n) is 1.36. The zero-order valence-electron chi connectivity index (χ0n) is 9.66. The monoisotopic (exact) mass is 204 g/mol. The maximum absolute atomic E-state index is 4.33. The zero-order chi connectivity index (χ0) is 10.9. The molecular formula is C13H20N2. The molecule has 82 valence electrons. The van der Waals surface area contributed by atoms with E-state index in [-0.39, 0.29) is 0 Å². The van der Waals surface area contributed by atoms with Crippen LogP contribution in [0.4, 0.5) is 5.69 Å². The van der Waals surface area contributed by atoms with Gasteiger partial charge in [0.05, 0.1) is 5.69 Å². The molecule has 1 rings (SSSR count). The predicted molar refractivity (Wildman–Crippen MR) is 67.3 cm³/mol. The van der Waals surface area contributed by atoms with Gasteiger partial charge in [0.15, 0.2) is 0 Å². The molecule has 2 nitrogen and oxygen atoms in total. The summed E-state index contributed by atoms with van der Waals surface area (Å²) in [6.07, 6.45) is 4.88. The van der Waals surface area contributed by atoms with Crippen molar-refractivity contribution in [2.24, 2.45) is 5.10 Å². The second-order valence-electron chi connectivity index (χ2n) is 3.78. The molecular weight excluding hydrogens is 184 g/mol. The van der Waals surface area contributed by atoms with Crippen LogP contribution in [0.5, 0.6) is 0 Å². The van der Waals surface area contributed by atoms with Crippen LogP contribution in [-0.2, 0) is 0 Å².